The molecule has 0 saturated carbocycles. The van der Waals surface area contributed by atoms with E-state index in [0.717, 1.165) is 6.08 Å². The molecule has 0 amide bonds. The minimum Gasteiger partial charge on any atom is -0.508 e. The van der Waals surface area contributed by atoms with Gasteiger partial charge in [-0.25, -0.2) is 9.59 Å². The lowest BCUT2D eigenvalue weighted by Gasteiger charge is -2.05. The Morgan fingerprint density at radius 2 is 1.50 bits per heavy atom. The Balaban J connectivity index is 2.09. The van der Waals surface area contributed by atoms with Crippen molar-refractivity contribution in [3.8, 4) is 17.2 Å². The maximum Gasteiger partial charge on any atom is 0.336 e. The number of carboxylic acids is 1. The van der Waals surface area contributed by atoms with Gasteiger partial charge in [-0.3, -0.25) is 0 Å². The van der Waals surface area contributed by atoms with Crippen LogP contribution in [-0.4, -0.2) is 27.3 Å². The third-order valence-electron chi connectivity index (χ3n) is 2.92. The summed E-state index contributed by atoms with van der Waals surface area (Å²) in [7, 11) is 0. The minimum absolute atomic E-state index is 0.0807. The first-order valence-corrected chi connectivity index (χ1v) is 6.87. The Morgan fingerprint density at radius 3 is 2.17 bits per heavy atom. The van der Waals surface area contributed by atoms with E-state index >= 15 is 0 Å². The molecule has 0 heterocycles. The van der Waals surface area contributed by atoms with Gasteiger partial charge >= 0.3 is 11.9 Å². The summed E-state index contributed by atoms with van der Waals surface area (Å²) in [6.07, 6.45) is 4.91. The van der Waals surface area contributed by atoms with E-state index < -0.39 is 11.9 Å². The number of rotatable bonds is 5. The predicted molar refractivity (Wildman–Crippen MR) is 87.6 cm³/mol. The molecule has 0 spiro atoms. The Labute approximate surface area is 137 Å². The lowest BCUT2D eigenvalue weighted by molar-refractivity contribution is -0.131. The first-order valence-electron chi connectivity index (χ1n) is 6.87. The van der Waals surface area contributed by atoms with Crippen LogP contribution in [-0.2, 0) is 9.59 Å². The van der Waals surface area contributed by atoms with Crippen LogP contribution in [0.3, 0.4) is 0 Å². The molecule has 6 nitrogen and oxygen atoms in total. The van der Waals surface area contributed by atoms with Gasteiger partial charge in [-0.15, -0.1) is 0 Å². The van der Waals surface area contributed by atoms with Crippen LogP contribution >= 0.6 is 0 Å². The number of esters is 1. The minimum atomic E-state index is -1.11. The first-order chi connectivity index (χ1) is 11.4. The lowest BCUT2D eigenvalue weighted by Crippen LogP contribution is -2.04. The Hall–Kier alpha value is -3.54. The van der Waals surface area contributed by atoms with Crippen molar-refractivity contribution < 1.29 is 29.6 Å². The largest absolute Gasteiger partial charge is 0.508 e. The molecule has 0 atom stereocenters. The maximum atomic E-state index is 11.8. The molecule has 2 rings (SSSR count). The summed E-state index contributed by atoms with van der Waals surface area (Å²) in [5, 5.41) is 27.5. The zero-order valence-electron chi connectivity index (χ0n) is 12.4. The smallest absolute Gasteiger partial charge is 0.336 e. The van der Waals surface area contributed by atoms with Crippen LogP contribution in [0, 0.1) is 0 Å². The van der Waals surface area contributed by atoms with E-state index in [1.807, 2.05) is 0 Å². The van der Waals surface area contributed by atoms with E-state index in [2.05, 4.69) is 0 Å². The summed E-state index contributed by atoms with van der Waals surface area (Å²) in [6, 6.07) is 10.3. The van der Waals surface area contributed by atoms with Crippen LogP contribution in [0.15, 0.2) is 54.6 Å². The Morgan fingerprint density at radius 1 is 0.875 bits per heavy atom. The van der Waals surface area contributed by atoms with Crippen LogP contribution in [0.25, 0.3) is 12.2 Å². The number of phenols is 2. The number of ether oxygens (including phenoxy) is 1. The summed E-state index contributed by atoms with van der Waals surface area (Å²) < 4.78 is 5.03. The van der Waals surface area contributed by atoms with Crippen molar-refractivity contribution in [1.82, 2.24) is 0 Å². The van der Waals surface area contributed by atoms with E-state index in [-0.39, 0.29) is 17.2 Å². The maximum absolute atomic E-state index is 11.8. The van der Waals surface area contributed by atoms with Crippen molar-refractivity contribution in [3.63, 3.8) is 0 Å². The van der Waals surface area contributed by atoms with Gasteiger partial charge in [-0.2, -0.15) is 0 Å². The molecule has 0 fully saturated rings. The molecule has 0 aliphatic carbocycles. The molecule has 2 aromatic carbocycles. The van der Waals surface area contributed by atoms with Gasteiger partial charge in [0.05, 0.1) is 0 Å². The number of hydrogen-bond acceptors (Lipinski definition) is 5. The zero-order chi connectivity index (χ0) is 17.5. The molecule has 0 aromatic heterocycles. The number of carbonyl (C=O) groups is 2. The summed E-state index contributed by atoms with van der Waals surface area (Å²) >= 11 is 0. The lowest BCUT2D eigenvalue weighted by atomic mass is 10.2. The third-order valence-corrected chi connectivity index (χ3v) is 2.92. The Bertz CT molecular complexity index is 803. The predicted octanol–water partition coefficient (Wildman–Crippen LogP) is 2.81. The highest BCUT2D eigenvalue weighted by atomic mass is 16.5. The summed E-state index contributed by atoms with van der Waals surface area (Å²) in [5.41, 5.74) is 1.15. The molecule has 0 aliphatic heterocycles. The van der Waals surface area contributed by atoms with Crippen molar-refractivity contribution in [2.45, 2.75) is 0 Å². The highest BCUT2D eigenvalue weighted by Gasteiger charge is 2.07. The number of aliphatic carboxylic acids is 1. The van der Waals surface area contributed by atoms with Gasteiger partial charge in [0.2, 0.25) is 0 Å². The van der Waals surface area contributed by atoms with E-state index in [1.54, 1.807) is 12.1 Å². The number of carboxylic acid groups (broad SMARTS) is 1. The van der Waals surface area contributed by atoms with Crippen LogP contribution in [0.2, 0.25) is 0 Å². The van der Waals surface area contributed by atoms with Gasteiger partial charge in [0.1, 0.15) is 5.75 Å². The van der Waals surface area contributed by atoms with E-state index in [9.17, 15) is 19.8 Å². The monoisotopic (exact) mass is 326 g/mol. The standard InChI is InChI=1S/C18H14O6/c19-14-6-1-12(2-7-14)5-10-18(23)24-16-11-13(3-8-15(16)20)4-9-17(21)22/h1-11,19-20H,(H,21,22)/b9-4+,10-5+. The van der Waals surface area contributed by atoms with Crippen molar-refractivity contribution in [1.29, 1.82) is 0 Å². The number of aromatic hydroxyl groups is 2. The van der Waals surface area contributed by atoms with Crippen LogP contribution in [0.1, 0.15) is 11.1 Å². The average molecular weight is 326 g/mol. The second-order valence-electron chi connectivity index (χ2n) is 4.74. The quantitative estimate of drug-likeness (QED) is 0.443. The molecule has 0 bridgehead atoms. The fourth-order valence-electron chi connectivity index (χ4n) is 1.78. The molecule has 24 heavy (non-hydrogen) atoms. The van der Waals surface area contributed by atoms with Crippen LogP contribution in [0.5, 0.6) is 17.2 Å². The van der Waals surface area contributed by atoms with E-state index in [1.165, 1.54) is 48.6 Å². The average Bonchev–Trinajstić information content (AvgIpc) is 2.55. The van der Waals surface area contributed by atoms with Crippen molar-refractivity contribution in [2.75, 3.05) is 0 Å². The molecule has 2 aromatic rings. The van der Waals surface area contributed by atoms with Gasteiger partial charge in [0.15, 0.2) is 11.5 Å². The van der Waals surface area contributed by atoms with Crippen molar-refractivity contribution >= 4 is 24.1 Å². The van der Waals surface area contributed by atoms with Gasteiger partial charge < -0.3 is 20.1 Å². The Kier molecular flexibility index (Phi) is 5.36. The van der Waals surface area contributed by atoms with E-state index in [0.29, 0.717) is 11.1 Å². The van der Waals surface area contributed by atoms with Crippen LogP contribution in [0.4, 0.5) is 0 Å². The SMILES string of the molecule is O=C(O)/C=C/c1ccc(O)c(OC(=O)/C=C/c2ccc(O)cc2)c1. The van der Waals surface area contributed by atoms with Crippen LogP contribution < -0.4 is 4.74 Å². The third kappa shape index (κ3) is 5.03. The summed E-state index contributed by atoms with van der Waals surface area (Å²) in [6.45, 7) is 0. The fourth-order valence-corrected chi connectivity index (χ4v) is 1.78. The molecule has 3 N–H and O–H groups in total. The number of carbonyl (C=O) groups excluding carboxylic acids is 1. The summed E-state index contributed by atoms with van der Waals surface area (Å²) in [4.78, 5) is 22.3. The summed E-state index contributed by atoms with van der Waals surface area (Å²) in [5.74, 6) is -2.03. The molecule has 6 heteroatoms. The fraction of sp³-hybridized carbons (Fsp3) is 0. The van der Waals surface area contributed by atoms with Crippen molar-refractivity contribution in [2.24, 2.45) is 0 Å². The molecular weight excluding hydrogens is 312 g/mol. The molecule has 0 radical (unpaired) electrons. The molecule has 0 unspecified atom stereocenters. The highest BCUT2D eigenvalue weighted by molar-refractivity contribution is 5.89. The number of hydrogen-bond donors (Lipinski definition) is 3. The van der Waals surface area contributed by atoms with E-state index in [4.69, 9.17) is 9.84 Å². The van der Waals surface area contributed by atoms with Gasteiger partial charge in [0.25, 0.3) is 0 Å². The second kappa shape index (κ2) is 7.64. The van der Waals surface area contributed by atoms with Crippen molar-refractivity contribution in [3.05, 3.63) is 65.7 Å². The zero-order valence-corrected chi connectivity index (χ0v) is 12.4. The normalized spacial score (nSPS) is 11.0. The highest BCUT2D eigenvalue weighted by Crippen LogP contribution is 2.27. The molecular formula is C18H14O6. The second-order valence-corrected chi connectivity index (χ2v) is 4.74. The topological polar surface area (TPSA) is 104 Å². The first kappa shape index (κ1) is 16.8. The number of phenolic OH excluding ortho intramolecular Hbond substituents is 2. The molecule has 0 aliphatic rings. The molecule has 122 valence electrons. The number of benzene rings is 2. The van der Waals surface area contributed by atoms with Gasteiger partial charge in [-0.05, 0) is 47.5 Å². The van der Waals surface area contributed by atoms with Gasteiger partial charge in [0, 0.05) is 12.2 Å². The molecule has 0 saturated heterocycles. The van der Waals surface area contributed by atoms with Gasteiger partial charge in [-0.1, -0.05) is 18.2 Å².